The molecule has 1 heterocycles. The third-order valence-corrected chi connectivity index (χ3v) is 4.24. The fraction of sp³-hybridized carbons (Fsp3) is 0.769. The highest BCUT2D eigenvalue weighted by Crippen LogP contribution is 2.49. The van der Waals surface area contributed by atoms with Crippen LogP contribution in [0.5, 0.6) is 0 Å². The minimum atomic E-state index is -0.646. The Balaban J connectivity index is 1.80. The van der Waals surface area contributed by atoms with Gasteiger partial charge >= 0.3 is 0 Å². The van der Waals surface area contributed by atoms with Gasteiger partial charge < -0.3 is 5.11 Å². The zero-order valence-electron chi connectivity index (χ0n) is 9.89. The summed E-state index contributed by atoms with van der Waals surface area (Å²) in [5.74, 6) is 1.64. The summed E-state index contributed by atoms with van der Waals surface area (Å²) < 4.78 is 1.79. The Morgan fingerprint density at radius 1 is 1.38 bits per heavy atom. The van der Waals surface area contributed by atoms with Gasteiger partial charge in [-0.1, -0.05) is 0 Å². The predicted molar refractivity (Wildman–Crippen MR) is 61.8 cm³/mol. The topological polar surface area (TPSA) is 38.0 Å². The molecule has 3 nitrogen and oxygen atoms in total. The molecule has 2 aliphatic carbocycles. The minimum Gasteiger partial charge on any atom is -0.383 e. The Labute approximate surface area is 96.5 Å². The molecule has 3 rings (SSSR count). The molecular formula is C13H20N2O. The van der Waals surface area contributed by atoms with Gasteiger partial charge in [0, 0.05) is 13.2 Å². The molecule has 2 saturated carbocycles. The Hall–Kier alpha value is -0.830. The van der Waals surface area contributed by atoms with Crippen molar-refractivity contribution in [3.05, 3.63) is 18.0 Å². The number of hydrogen-bond acceptors (Lipinski definition) is 2. The van der Waals surface area contributed by atoms with E-state index in [0.29, 0.717) is 0 Å². The van der Waals surface area contributed by atoms with Crippen LogP contribution in [0.25, 0.3) is 0 Å². The van der Waals surface area contributed by atoms with Gasteiger partial charge in [-0.2, -0.15) is 5.10 Å². The van der Waals surface area contributed by atoms with E-state index in [1.54, 1.807) is 4.68 Å². The van der Waals surface area contributed by atoms with E-state index in [9.17, 15) is 5.11 Å². The van der Waals surface area contributed by atoms with Crippen LogP contribution in [0.4, 0.5) is 0 Å². The molecule has 2 atom stereocenters. The number of aryl methyl sites for hydroxylation is 1. The van der Waals surface area contributed by atoms with Gasteiger partial charge in [-0.3, -0.25) is 4.68 Å². The lowest BCUT2D eigenvalue weighted by molar-refractivity contribution is -0.0291. The highest BCUT2D eigenvalue weighted by Gasteiger charge is 2.42. The van der Waals surface area contributed by atoms with Gasteiger partial charge in [0.15, 0.2) is 0 Å². The third-order valence-electron chi connectivity index (χ3n) is 4.24. The van der Waals surface area contributed by atoms with E-state index in [4.69, 9.17) is 0 Å². The van der Waals surface area contributed by atoms with Crippen molar-refractivity contribution in [2.24, 2.45) is 18.9 Å². The van der Waals surface area contributed by atoms with Crippen LogP contribution in [0.2, 0.25) is 0 Å². The normalized spacial score (nSPS) is 35.2. The summed E-state index contributed by atoms with van der Waals surface area (Å²) in [7, 11) is 1.91. The van der Waals surface area contributed by atoms with Crippen LogP contribution in [0.3, 0.4) is 0 Å². The largest absolute Gasteiger partial charge is 0.383 e. The molecule has 0 aromatic carbocycles. The second-order valence-corrected chi connectivity index (χ2v) is 5.60. The molecule has 0 radical (unpaired) electrons. The van der Waals surface area contributed by atoms with Gasteiger partial charge in [-0.25, -0.2) is 0 Å². The second kappa shape index (κ2) is 3.59. The van der Waals surface area contributed by atoms with Crippen molar-refractivity contribution < 1.29 is 5.11 Å². The third kappa shape index (κ3) is 1.77. The van der Waals surface area contributed by atoms with Crippen LogP contribution in [0.1, 0.15) is 44.2 Å². The molecule has 0 bridgehead atoms. The number of aliphatic hydroxyl groups is 1. The van der Waals surface area contributed by atoms with Crippen molar-refractivity contribution in [3.63, 3.8) is 0 Å². The van der Waals surface area contributed by atoms with E-state index >= 15 is 0 Å². The van der Waals surface area contributed by atoms with Crippen molar-refractivity contribution >= 4 is 0 Å². The number of nitrogens with zero attached hydrogens (tertiary/aromatic N) is 2. The summed E-state index contributed by atoms with van der Waals surface area (Å²) in [6.45, 7) is 0. The van der Waals surface area contributed by atoms with Gasteiger partial charge in [-0.15, -0.1) is 0 Å². The molecule has 0 saturated heterocycles. The smallest absolute Gasteiger partial charge is 0.109 e. The van der Waals surface area contributed by atoms with Gasteiger partial charge in [0.25, 0.3) is 0 Å². The molecular weight excluding hydrogens is 200 g/mol. The van der Waals surface area contributed by atoms with Crippen molar-refractivity contribution in [2.75, 3.05) is 0 Å². The zero-order chi connectivity index (χ0) is 11.2. The van der Waals surface area contributed by atoms with E-state index in [-0.39, 0.29) is 0 Å². The van der Waals surface area contributed by atoms with Gasteiger partial charge in [0.1, 0.15) is 5.60 Å². The van der Waals surface area contributed by atoms with Crippen LogP contribution in [-0.4, -0.2) is 14.9 Å². The van der Waals surface area contributed by atoms with Crippen LogP contribution >= 0.6 is 0 Å². The maximum atomic E-state index is 10.7. The van der Waals surface area contributed by atoms with E-state index in [1.165, 1.54) is 19.3 Å². The first kappa shape index (κ1) is 10.3. The average Bonchev–Trinajstić information content (AvgIpc) is 3.01. The summed E-state index contributed by atoms with van der Waals surface area (Å²) in [5, 5.41) is 15.1. The molecule has 1 aromatic rings. The molecule has 1 N–H and O–H groups in total. The van der Waals surface area contributed by atoms with Crippen LogP contribution in [0.15, 0.2) is 12.3 Å². The zero-order valence-corrected chi connectivity index (χ0v) is 9.89. The van der Waals surface area contributed by atoms with Crippen molar-refractivity contribution in [1.29, 1.82) is 0 Å². The molecule has 88 valence electrons. The Morgan fingerprint density at radius 3 is 2.81 bits per heavy atom. The summed E-state index contributed by atoms with van der Waals surface area (Å²) in [6.07, 6.45) is 8.94. The lowest BCUT2D eigenvalue weighted by Crippen LogP contribution is -2.34. The van der Waals surface area contributed by atoms with Crippen molar-refractivity contribution in [3.8, 4) is 0 Å². The Bertz CT molecular complexity index is 383. The first-order chi connectivity index (χ1) is 7.67. The monoisotopic (exact) mass is 220 g/mol. The highest BCUT2D eigenvalue weighted by molar-refractivity contribution is 5.12. The van der Waals surface area contributed by atoms with Gasteiger partial charge in [0.2, 0.25) is 0 Å². The lowest BCUT2D eigenvalue weighted by atomic mass is 9.74. The van der Waals surface area contributed by atoms with Crippen molar-refractivity contribution in [2.45, 2.75) is 44.1 Å². The standard InChI is InChI=1S/C13H20N2O/c1-15-8-6-12(14-15)13(16)7-2-3-11(9-13)10-4-5-10/h6,8,10-11,16H,2-5,7,9H2,1H3. The molecule has 2 aliphatic rings. The van der Waals surface area contributed by atoms with E-state index in [2.05, 4.69) is 5.10 Å². The molecule has 1 aromatic heterocycles. The molecule has 0 aliphatic heterocycles. The van der Waals surface area contributed by atoms with E-state index in [0.717, 1.165) is 36.8 Å². The fourth-order valence-electron chi connectivity index (χ4n) is 3.16. The first-order valence-electron chi connectivity index (χ1n) is 6.40. The van der Waals surface area contributed by atoms with E-state index < -0.39 is 5.60 Å². The predicted octanol–water partition coefficient (Wildman–Crippen LogP) is 2.21. The average molecular weight is 220 g/mol. The Kier molecular flexibility index (Phi) is 2.32. The summed E-state index contributed by atoms with van der Waals surface area (Å²) in [4.78, 5) is 0. The molecule has 2 fully saturated rings. The maximum absolute atomic E-state index is 10.7. The van der Waals surface area contributed by atoms with Gasteiger partial charge in [0.05, 0.1) is 5.69 Å². The quantitative estimate of drug-likeness (QED) is 0.829. The molecule has 0 amide bonds. The van der Waals surface area contributed by atoms with Crippen molar-refractivity contribution in [1.82, 2.24) is 9.78 Å². The van der Waals surface area contributed by atoms with E-state index in [1.807, 2.05) is 19.3 Å². The molecule has 3 heteroatoms. The summed E-state index contributed by atoms with van der Waals surface area (Å²) >= 11 is 0. The minimum absolute atomic E-state index is 0.646. The number of rotatable bonds is 2. The summed E-state index contributed by atoms with van der Waals surface area (Å²) in [6, 6.07) is 1.97. The Morgan fingerprint density at radius 2 is 2.19 bits per heavy atom. The number of aromatic nitrogens is 2. The summed E-state index contributed by atoms with van der Waals surface area (Å²) in [5.41, 5.74) is 0.229. The second-order valence-electron chi connectivity index (χ2n) is 5.60. The van der Waals surface area contributed by atoms with Crippen LogP contribution < -0.4 is 0 Å². The molecule has 2 unspecified atom stereocenters. The molecule has 0 spiro atoms. The molecule has 16 heavy (non-hydrogen) atoms. The highest BCUT2D eigenvalue weighted by atomic mass is 16.3. The maximum Gasteiger partial charge on any atom is 0.109 e. The number of hydrogen-bond donors (Lipinski definition) is 1. The van der Waals surface area contributed by atoms with Gasteiger partial charge in [-0.05, 0) is 56.4 Å². The SMILES string of the molecule is Cn1ccc(C2(O)CCCC(C3CC3)C2)n1. The van der Waals surface area contributed by atoms with Crippen LogP contribution in [-0.2, 0) is 12.6 Å². The fourth-order valence-corrected chi connectivity index (χ4v) is 3.16. The first-order valence-corrected chi connectivity index (χ1v) is 6.40. The lowest BCUT2D eigenvalue weighted by Gasteiger charge is -2.35. The van der Waals surface area contributed by atoms with Crippen LogP contribution in [0, 0.1) is 11.8 Å².